The lowest BCUT2D eigenvalue weighted by atomic mass is 10.0. The topological polar surface area (TPSA) is 100 Å². The van der Waals surface area contributed by atoms with Gasteiger partial charge < -0.3 is 20.4 Å². The Morgan fingerprint density at radius 3 is 2.83 bits per heavy atom. The zero-order valence-electron chi connectivity index (χ0n) is 16.7. The molecule has 0 fully saturated rings. The summed E-state index contributed by atoms with van der Waals surface area (Å²) >= 11 is 0. The Hall–Kier alpha value is -3.58. The van der Waals surface area contributed by atoms with Crippen molar-refractivity contribution in [1.29, 1.82) is 0 Å². The third kappa shape index (κ3) is 3.33. The molecular weight excluding hydrogens is 378 g/mol. The van der Waals surface area contributed by atoms with Crippen molar-refractivity contribution < 1.29 is 4.74 Å². The molecule has 2 aromatic heterocycles. The van der Waals surface area contributed by atoms with Gasteiger partial charge in [0.2, 0.25) is 0 Å². The fourth-order valence-corrected chi connectivity index (χ4v) is 4.06. The van der Waals surface area contributed by atoms with Crippen LogP contribution in [0.15, 0.2) is 53.5 Å². The Kier molecular flexibility index (Phi) is 4.52. The van der Waals surface area contributed by atoms with Gasteiger partial charge in [-0.2, -0.15) is 0 Å². The van der Waals surface area contributed by atoms with Crippen LogP contribution in [0.5, 0.6) is 5.75 Å². The largest absolute Gasteiger partial charge is 0.497 e. The van der Waals surface area contributed by atoms with Gasteiger partial charge in [0.05, 0.1) is 12.8 Å². The van der Waals surface area contributed by atoms with Crippen molar-refractivity contribution in [3.8, 4) is 17.1 Å². The predicted molar refractivity (Wildman–Crippen MR) is 117 cm³/mol. The maximum Gasteiger partial charge on any atom is 0.254 e. The Morgan fingerprint density at radius 2 is 2.03 bits per heavy atom. The number of fused-ring (bicyclic) bond motifs is 2. The summed E-state index contributed by atoms with van der Waals surface area (Å²) in [6.45, 7) is 2.23. The molecule has 1 aliphatic rings. The summed E-state index contributed by atoms with van der Waals surface area (Å²) in [4.78, 5) is 26.0. The maximum absolute atomic E-state index is 12.6. The Bertz CT molecular complexity index is 1270. The smallest absolute Gasteiger partial charge is 0.254 e. The van der Waals surface area contributed by atoms with E-state index in [0.29, 0.717) is 24.5 Å². The van der Waals surface area contributed by atoms with Crippen LogP contribution in [0.3, 0.4) is 0 Å². The molecule has 7 heteroatoms. The van der Waals surface area contributed by atoms with Crippen molar-refractivity contribution in [3.63, 3.8) is 0 Å². The number of nitrogens with one attached hydrogen (secondary N) is 2. The number of benzene rings is 2. The van der Waals surface area contributed by atoms with Crippen molar-refractivity contribution in [1.82, 2.24) is 19.9 Å². The number of aromatic nitrogens is 3. The fourth-order valence-electron chi connectivity index (χ4n) is 4.06. The van der Waals surface area contributed by atoms with E-state index in [1.165, 1.54) is 5.56 Å². The number of rotatable bonds is 4. The van der Waals surface area contributed by atoms with E-state index in [4.69, 9.17) is 15.5 Å². The Labute approximate surface area is 173 Å². The molecule has 2 aromatic carbocycles. The van der Waals surface area contributed by atoms with Crippen molar-refractivity contribution in [2.75, 3.05) is 19.4 Å². The lowest BCUT2D eigenvalue weighted by Gasteiger charge is -2.27. The highest BCUT2D eigenvalue weighted by Crippen LogP contribution is 2.26. The average molecular weight is 401 g/mol. The van der Waals surface area contributed by atoms with Gasteiger partial charge >= 0.3 is 0 Å². The van der Waals surface area contributed by atoms with Crippen LogP contribution in [-0.4, -0.2) is 33.5 Å². The lowest BCUT2D eigenvalue weighted by molar-refractivity contribution is 0.241. The second-order valence-electron chi connectivity index (χ2n) is 7.65. The molecule has 4 aromatic rings. The fraction of sp³-hybridized carbons (Fsp3) is 0.217. The van der Waals surface area contributed by atoms with Crippen LogP contribution in [-0.2, 0) is 19.5 Å². The number of H-pyrrole nitrogens is 2. The molecule has 5 rings (SSSR count). The molecule has 0 bridgehead atoms. The first-order valence-electron chi connectivity index (χ1n) is 9.95. The summed E-state index contributed by atoms with van der Waals surface area (Å²) in [6, 6.07) is 13.4. The van der Waals surface area contributed by atoms with Crippen LogP contribution in [0.2, 0.25) is 0 Å². The zero-order valence-corrected chi connectivity index (χ0v) is 16.7. The predicted octanol–water partition coefficient (Wildman–Crippen LogP) is 3.07. The molecule has 0 aliphatic carbocycles. The third-order valence-electron chi connectivity index (χ3n) is 5.71. The van der Waals surface area contributed by atoms with Crippen molar-refractivity contribution >= 4 is 16.6 Å². The molecule has 0 spiro atoms. The van der Waals surface area contributed by atoms with Gasteiger partial charge in [-0.25, -0.2) is 4.98 Å². The molecule has 152 valence electrons. The lowest BCUT2D eigenvalue weighted by Crippen LogP contribution is -2.35. The molecule has 7 nitrogen and oxygen atoms in total. The summed E-state index contributed by atoms with van der Waals surface area (Å²) in [6.07, 6.45) is 2.73. The summed E-state index contributed by atoms with van der Waals surface area (Å²) in [5.41, 5.74) is 11.2. The van der Waals surface area contributed by atoms with Gasteiger partial charge in [-0.3, -0.25) is 9.69 Å². The number of nitrogens with zero attached hydrogens (tertiary/aromatic N) is 2. The molecule has 0 unspecified atom stereocenters. The van der Waals surface area contributed by atoms with Gasteiger partial charge in [0.25, 0.3) is 5.56 Å². The molecule has 0 saturated carbocycles. The van der Waals surface area contributed by atoms with Crippen LogP contribution >= 0.6 is 0 Å². The number of anilines is 1. The van der Waals surface area contributed by atoms with Crippen LogP contribution in [0.1, 0.15) is 16.8 Å². The van der Waals surface area contributed by atoms with E-state index in [9.17, 15) is 4.79 Å². The van der Waals surface area contributed by atoms with Gasteiger partial charge in [-0.1, -0.05) is 0 Å². The van der Waals surface area contributed by atoms with E-state index < -0.39 is 0 Å². The van der Waals surface area contributed by atoms with E-state index in [1.54, 1.807) is 7.11 Å². The van der Waals surface area contributed by atoms with E-state index in [2.05, 4.69) is 20.9 Å². The van der Waals surface area contributed by atoms with Gasteiger partial charge in [0.15, 0.2) is 0 Å². The van der Waals surface area contributed by atoms with Crippen molar-refractivity contribution in [2.24, 2.45) is 0 Å². The number of nitrogens with two attached hydrogens (primary N) is 1. The van der Waals surface area contributed by atoms with Crippen molar-refractivity contribution in [2.45, 2.75) is 19.5 Å². The molecule has 0 amide bonds. The SMILES string of the molecule is COc1ccc2[nH]cc(CN3CCc4c(nc(-c5ccc(N)cc5)[nH]c4=O)C3)c2c1. The second-order valence-corrected chi connectivity index (χ2v) is 7.65. The maximum atomic E-state index is 12.6. The molecule has 0 radical (unpaired) electrons. The minimum absolute atomic E-state index is 0.0525. The molecule has 1 aliphatic heterocycles. The first-order chi connectivity index (χ1) is 14.6. The van der Waals surface area contributed by atoms with Crippen LogP contribution in [0.25, 0.3) is 22.3 Å². The van der Waals surface area contributed by atoms with E-state index in [0.717, 1.165) is 46.6 Å². The first-order valence-corrected chi connectivity index (χ1v) is 9.95. The Balaban J connectivity index is 1.43. The van der Waals surface area contributed by atoms with Crippen LogP contribution in [0.4, 0.5) is 5.69 Å². The number of hydrogen-bond donors (Lipinski definition) is 3. The Morgan fingerprint density at radius 1 is 1.20 bits per heavy atom. The third-order valence-corrected chi connectivity index (χ3v) is 5.71. The van der Waals surface area contributed by atoms with E-state index in [1.807, 2.05) is 42.6 Å². The molecule has 30 heavy (non-hydrogen) atoms. The first kappa shape index (κ1) is 18.4. The molecule has 3 heterocycles. The number of nitrogen functional groups attached to an aromatic ring is 1. The zero-order chi connectivity index (χ0) is 20.7. The molecule has 0 atom stereocenters. The minimum atomic E-state index is -0.0525. The molecule has 4 N–H and O–H groups in total. The van der Waals surface area contributed by atoms with Crippen LogP contribution < -0.4 is 16.0 Å². The van der Waals surface area contributed by atoms with E-state index in [-0.39, 0.29) is 5.56 Å². The van der Waals surface area contributed by atoms with Gasteiger partial charge in [-0.05, 0) is 54.4 Å². The summed E-state index contributed by atoms with van der Waals surface area (Å²) < 4.78 is 5.38. The van der Waals surface area contributed by atoms with Gasteiger partial charge in [0, 0.05) is 53.5 Å². The second kappa shape index (κ2) is 7.35. The highest BCUT2D eigenvalue weighted by Gasteiger charge is 2.22. The summed E-state index contributed by atoms with van der Waals surface area (Å²) in [5, 5.41) is 1.15. The number of hydrogen-bond acceptors (Lipinski definition) is 5. The quantitative estimate of drug-likeness (QED) is 0.457. The standard InChI is InChI=1S/C23H23N5O2/c1-30-17-6-7-20-19(10-17)15(11-25-20)12-28-9-8-18-21(13-28)26-22(27-23(18)29)14-2-4-16(24)5-3-14/h2-7,10-11,25H,8-9,12-13,24H2,1H3,(H,26,27,29). The normalized spacial score (nSPS) is 14.0. The highest BCUT2D eigenvalue weighted by atomic mass is 16.5. The van der Waals surface area contributed by atoms with Gasteiger partial charge in [-0.15, -0.1) is 0 Å². The average Bonchev–Trinajstić information content (AvgIpc) is 3.16. The minimum Gasteiger partial charge on any atom is -0.497 e. The summed E-state index contributed by atoms with van der Waals surface area (Å²) in [7, 11) is 1.68. The molecular formula is C23H23N5O2. The van der Waals surface area contributed by atoms with Crippen LogP contribution in [0, 0.1) is 0 Å². The number of ether oxygens (including phenoxy) is 1. The van der Waals surface area contributed by atoms with E-state index >= 15 is 0 Å². The number of methoxy groups -OCH3 is 1. The van der Waals surface area contributed by atoms with Crippen molar-refractivity contribution in [3.05, 3.63) is 75.8 Å². The number of aromatic amines is 2. The van der Waals surface area contributed by atoms with Gasteiger partial charge in [0.1, 0.15) is 11.6 Å². The monoisotopic (exact) mass is 401 g/mol. The molecule has 0 saturated heterocycles. The summed E-state index contributed by atoms with van der Waals surface area (Å²) in [5.74, 6) is 1.42. The highest BCUT2D eigenvalue weighted by molar-refractivity contribution is 5.84.